The molecular weight excluding hydrogens is 185 g/mol. The standard InChI is InChI=1S/C12H20BNO/c1-3-10(2)8-12(15)14-6-4-11(9-13)5-7-14/h10-11H,3-8H2,1-2H3. The summed E-state index contributed by atoms with van der Waals surface area (Å²) in [5, 5.41) is 0. The van der Waals surface area contributed by atoms with E-state index in [-0.39, 0.29) is 0 Å². The van der Waals surface area contributed by atoms with Gasteiger partial charge in [0.2, 0.25) is 0 Å². The molecule has 0 saturated carbocycles. The Morgan fingerprint density at radius 3 is 2.60 bits per heavy atom. The summed E-state index contributed by atoms with van der Waals surface area (Å²) in [5.74, 6) is 3.97. The van der Waals surface area contributed by atoms with Crippen LogP contribution in [0.25, 0.3) is 0 Å². The second-order valence-electron chi connectivity index (χ2n) is 4.54. The van der Waals surface area contributed by atoms with Crippen LogP contribution in [-0.4, -0.2) is 31.2 Å². The molecule has 1 atom stereocenters. The molecule has 15 heavy (non-hydrogen) atoms. The molecule has 0 spiro atoms. The first-order valence-corrected chi connectivity index (χ1v) is 5.91. The van der Waals surface area contributed by atoms with Crippen LogP contribution in [0.4, 0.5) is 0 Å². The Kier molecular flexibility index (Phi) is 4.97. The van der Waals surface area contributed by atoms with Crippen molar-refractivity contribution in [3.8, 4) is 5.80 Å². The normalized spacial score (nSPS) is 19.9. The van der Waals surface area contributed by atoms with Crippen LogP contribution >= 0.6 is 0 Å². The number of piperidine rings is 1. The molecule has 2 nitrogen and oxygen atoms in total. The van der Waals surface area contributed by atoms with E-state index in [2.05, 4.69) is 19.7 Å². The molecule has 0 aromatic heterocycles. The third-order valence-electron chi connectivity index (χ3n) is 3.30. The van der Waals surface area contributed by atoms with Gasteiger partial charge >= 0.3 is 93.2 Å². The molecule has 1 aliphatic rings. The zero-order valence-electron chi connectivity index (χ0n) is 9.83. The average Bonchev–Trinajstić information content (AvgIpc) is 2.29. The minimum atomic E-state index is 0.305. The van der Waals surface area contributed by atoms with Crippen LogP contribution < -0.4 is 0 Å². The molecular formula is C12H20BNO. The van der Waals surface area contributed by atoms with Crippen LogP contribution in [0.5, 0.6) is 0 Å². The van der Waals surface area contributed by atoms with Crippen molar-refractivity contribution < 1.29 is 4.79 Å². The Morgan fingerprint density at radius 2 is 2.13 bits per heavy atom. The maximum absolute atomic E-state index is 11.8. The van der Waals surface area contributed by atoms with Crippen LogP contribution in [0.15, 0.2) is 0 Å². The molecule has 0 N–H and O–H groups in total. The van der Waals surface area contributed by atoms with Gasteiger partial charge in [0.15, 0.2) is 0 Å². The molecule has 82 valence electrons. The number of hydrogen-bond donors (Lipinski definition) is 0. The third kappa shape index (κ3) is 3.75. The minimum absolute atomic E-state index is 0.305. The molecule has 1 saturated heterocycles. The van der Waals surface area contributed by atoms with E-state index in [0.717, 1.165) is 32.4 Å². The van der Waals surface area contributed by atoms with Gasteiger partial charge in [0.05, 0.1) is 0 Å². The molecule has 1 amide bonds. The van der Waals surface area contributed by atoms with E-state index in [0.29, 0.717) is 24.2 Å². The summed E-state index contributed by atoms with van der Waals surface area (Å²) in [6.45, 7) is 5.96. The number of rotatable bonds is 3. The number of amides is 1. The molecule has 3 heteroatoms. The van der Waals surface area contributed by atoms with Gasteiger partial charge in [0.25, 0.3) is 0 Å². The van der Waals surface area contributed by atoms with Crippen LogP contribution in [0, 0.1) is 17.6 Å². The fourth-order valence-corrected chi connectivity index (χ4v) is 1.87. The molecule has 1 unspecified atom stereocenters. The predicted molar refractivity (Wildman–Crippen MR) is 63.0 cm³/mol. The summed E-state index contributed by atoms with van der Waals surface area (Å²) in [5.41, 5.74) is 0. The Balaban J connectivity index is 2.34. The number of nitrogens with zero attached hydrogens (tertiary/aromatic N) is 1. The topological polar surface area (TPSA) is 20.3 Å². The van der Waals surface area contributed by atoms with Gasteiger partial charge in [0.1, 0.15) is 0 Å². The van der Waals surface area contributed by atoms with Crippen molar-refractivity contribution in [2.75, 3.05) is 13.1 Å². The second-order valence-corrected chi connectivity index (χ2v) is 4.54. The molecule has 1 aliphatic heterocycles. The quantitative estimate of drug-likeness (QED) is 0.643. The predicted octanol–water partition coefficient (Wildman–Crippen LogP) is 1.79. The first-order chi connectivity index (χ1) is 7.17. The number of likely N-dealkylation sites (tertiary alicyclic amines) is 1. The van der Waals surface area contributed by atoms with E-state index < -0.39 is 0 Å². The van der Waals surface area contributed by atoms with Crippen molar-refractivity contribution >= 4 is 13.2 Å². The van der Waals surface area contributed by atoms with Crippen LogP contribution in [-0.2, 0) is 4.79 Å². The van der Waals surface area contributed by atoms with Crippen molar-refractivity contribution in [1.82, 2.24) is 4.90 Å². The molecule has 1 rings (SSSR count). The van der Waals surface area contributed by atoms with Crippen molar-refractivity contribution in [2.24, 2.45) is 11.8 Å². The third-order valence-corrected chi connectivity index (χ3v) is 3.30. The van der Waals surface area contributed by atoms with Crippen LogP contribution in [0.1, 0.15) is 39.5 Å². The fourth-order valence-electron chi connectivity index (χ4n) is 1.87. The van der Waals surface area contributed by atoms with E-state index in [1.807, 2.05) is 4.90 Å². The summed E-state index contributed by atoms with van der Waals surface area (Å²) in [4.78, 5) is 13.8. The van der Waals surface area contributed by atoms with Gasteiger partial charge in [0, 0.05) is 0 Å². The molecule has 0 aliphatic carbocycles. The van der Waals surface area contributed by atoms with E-state index in [1.165, 1.54) is 0 Å². The molecule has 1 fully saturated rings. The van der Waals surface area contributed by atoms with Gasteiger partial charge in [-0.25, -0.2) is 0 Å². The van der Waals surface area contributed by atoms with E-state index in [4.69, 9.17) is 7.33 Å². The number of hydrogen-bond acceptors (Lipinski definition) is 1. The van der Waals surface area contributed by atoms with Crippen molar-refractivity contribution in [3.05, 3.63) is 0 Å². The van der Waals surface area contributed by atoms with Crippen LogP contribution in [0.2, 0.25) is 0 Å². The van der Waals surface area contributed by atoms with Crippen molar-refractivity contribution in [2.45, 2.75) is 39.5 Å². The molecule has 0 aromatic rings. The van der Waals surface area contributed by atoms with Crippen molar-refractivity contribution in [3.63, 3.8) is 0 Å². The Morgan fingerprint density at radius 1 is 1.53 bits per heavy atom. The Labute approximate surface area is 93.8 Å². The van der Waals surface area contributed by atoms with E-state index in [1.54, 1.807) is 0 Å². The Bertz CT molecular complexity index is 251. The summed E-state index contributed by atoms with van der Waals surface area (Å²) in [6.07, 6.45) is 3.72. The summed E-state index contributed by atoms with van der Waals surface area (Å²) in [7, 11) is 5.37. The zero-order chi connectivity index (χ0) is 11.3. The Hall–Kier alpha value is -0.685. The van der Waals surface area contributed by atoms with Gasteiger partial charge in [-0.3, -0.25) is 0 Å². The summed E-state index contributed by atoms with van der Waals surface area (Å²) >= 11 is 0. The molecule has 0 aromatic carbocycles. The monoisotopic (exact) mass is 205 g/mol. The fraction of sp³-hybridized carbons (Fsp3) is 0.833. The van der Waals surface area contributed by atoms with Crippen molar-refractivity contribution in [1.29, 1.82) is 0 Å². The second kappa shape index (κ2) is 6.02. The van der Waals surface area contributed by atoms with E-state index in [9.17, 15) is 4.79 Å². The van der Waals surface area contributed by atoms with Gasteiger partial charge in [-0.15, -0.1) is 0 Å². The van der Waals surface area contributed by atoms with Crippen LogP contribution in [0.3, 0.4) is 0 Å². The zero-order valence-corrected chi connectivity index (χ0v) is 9.83. The molecule has 0 bridgehead atoms. The molecule has 0 radical (unpaired) electrons. The SMILES string of the molecule is B#CC1CCN(C(=O)CC(C)CC)CC1. The molecule has 1 heterocycles. The first-order valence-electron chi connectivity index (χ1n) is 5.91. The summed E-state index contributed by atoms with van der Waals surface area (Å²) < 4.78 is 0. The van der Waals surface area contributed by atoms with Gasteiger partial charge in [-0.2, -0.15) is 0 Å². The number of carbonyl (C=O) groups excluding carboxylic acids is 1. The summed E-state index contributed by atoms with van der Waals surface area (Å²) in [6, 6.07) is 0. The first kappa shape index (κ1) is 12.4. The van der Waals surface area contributed by atoms with Gasteiger partial charge < -0.3 is 0 Å². The maximum atomic E-state index is 11.8. The van der Waals surface area contributed by atoms with Gasteiger partial charge in [-0.1, -0.05) is 0 Å². The van der Waals surface area contributed by atoms with Gasteiger partial charge in [-0.05, 0) is 0 Å². The number of carbonyl (C=O) groups is 1. The average molecular weight is 205 g/mol. The van der Waals surface area contributed by atoms with E-state index >= 15 is 0 Å².